The molecule has 156 valence electrons. The molecule has 0 fully saturated rings. The Morgan fingerprint density at radius 2 is 1.26 bits per heavy atom. The lowest BCUT2D eigenvalue weighted by molar-refractivity contribution is 0.453. The predicted octanol–water partition coefficient (Wildman–Crippen LogP) is 7.50. The number of benzene rings is 4. The van der Waals surface area contributed by atoms with E-state index >= 15 is 0 Å². The molecule has 1 aromatic heterocycles. The highest BCUT2D eigenvalue weighted by atomic mass is 35.5. The van der Waals surface area contributed by atoms with Gasteiger partial charge in [-0.1, -0.05) is 59.6 Å². The van der Waals surface area contributed by atoms with Crippen LogP contribution in [-0.2, 0) is 0 Å². The number of hydrogen-bond donors (Lipinski definition) is 3. The molecule has 5 aromatic rings. The number of furan rings is 1. The van der Waals surface area contributed by atoms with Gasteiger partial charge in [0, 0.05) is 10.9 Å². The minimum absolute atomic E-state index is 0.0440. The Balaban J connectivity index is 0.000000149. The SMILES string of the molecule is Oc1cccc(O)c1-c1cccc(Cl)c1F.Oc1cccc2oc3c(Cl)cccc3c12. The normalized spacial score (nSPS) is 10.8. The van der Waals surface area contributed by atoms with E-state index in [4.69, 9.17) is 27.6 Å². The lowest BCUT2D eigenvalue weighted by Gasteiger charge is -2.08. The largest absolute Gasteiger partial charge is 0.507 e. The summed E-state index contributed by atoms with van der Waals surface area (Å²) in [5.74, 6) is -0.836. The lowest BCUT2D eigenvalue weighted by Crippen LogP contribution is -1.86. The van der Waals surface area contributed by atoms with Crippen molar-refractivity contribution in [1.29, 1.82) is 0 Å². The third-order valence-corrected chi connectivity index (χ3v) is 5.28. The average Bonchev–Trinajstić information content (AvgIpc) is 3.13. The fourth-order valence-electron chi connectivity index (χ4n) is 3.30. The Bertz CT molecular complexity index is 1390. The Labute approximate surface area is 186 Å². The first-order valence-corrected chi connectivity index (χ1v) is 9.88. The van der Waals surface area contributed by atoms with Gasteiger partial charge >= 0.3 is 0 Å². The highest BCUT2D eigenvalue weighted by Gasteiger charge is 2.15. The number of rotatable bonds is 1. The molecule has 31 heavy (non-hydrogen) atoms. The summed E-state index contributed by atoms with van der Waals surface area (Å²) >= 11 is 11.6. The predicted molar refractivity (Wildman–Crippen MR) is 121 cm³/mol. The second kappa shape index (κ2) is 8.38. The third kappa shape index (κ3) is 3.85. The van der Waals surface area contributed by atoms with Gasteiger partial charge in [-0.15, -0.1) is 0 Å². The molecular formula is C24H15Cl2FO4. The van der Waals surface area contributed by atoms with Crippen LogP contribution in [0.3, 0.4) is 0 Å². The summed E-state index contributed by atoms with van der Waals surface area (Å²) in [6, 6.07) is 19.3. The number of halogens is 3. The molecule has 0 saturated heterocycles. The number of fused-ring (bicyclic) bond motifs is 3. The molecular weight excluding hydrogens is 442 g/mol. The van der Waals surface area contributed by atoms with Gasteiger partial charge in [-0.05, 0) is 36.4 Å². The minimum atomic E-state index is -0.666. The summed E-state index contributed by atoms with van der Waals surface area (Å²) in [4.78, 5) is 0. The summed E-state index contributed by atoms with van der Waals surface area (Å²) in [5.41, 5.74) is 1.39. The average molecular weight is 457 g/mol. The van der Waals surface area contributed by atoms with Gasteiger partial charge in [0.1, 0.15) is 28.6 Å². The summed E-state index contributed by atoms with van der Waals surface area (Å²) in [7, 11) is 0. The van der Waals surface area contributed by atoms with E-state index in [9.17, 15) is 19.7 Å². The van der Waals surface area contributed by atoms with Crippen LogP contribution >= 0.6 is 23.2 Å². The van der Waals surface area contributed by atoms with E-state index in [2.05, 4.69) is 0 Å². The van der Waals surface area contributed by atoms with Crippen LogP contribution in [0.15, 0.2) is 77.2 Å². The summed E-state index contributed by atoms with van der Waals surface area (Å²) < 4.78 is 19.3. The molecule has 0 aliphatic carbocycles. The van der Waals surface area contributed by atoms with Crippen molar-refractivity contribution >= 4 is 45.1 Å². The van der Waals surface area contributed by atoms with Crippen molar-refractivity contribution in [2.75, 3.05) is 0 Å². The number of aromatic hydroxyl groups is 3. The molecule has 0 bridgehead atoms. The topological polar surface area (TPSA) is 73.8 Å². The van der Waals surface area contributed by atoms with Gasteiger partial charge in [0.15, 0.2) is 5.58 Å². The number of phenols is 3. The van der Waals surface area contributed by atoms with Crippen molar-refractivity contribution in [3.63, 3.8) is 0 Å². The zero-order valence-electron chi connectivity index (χ0n) is 15.8. The van der Waals surface area contributed by atoms with Crippen molar-refractivity contribution in [2.45, 2.75) is 0 Å². The molecule has 0 unspecified atom stereocenters. The molecule has 0 amide bonds. The Hall–Kier alpha value is -3.41. The van der Waals surface area contributed by atoms with E-state index in [1.807, 2.05) is 18.2 Å². The van der Waals surface area contributed by atoms with Crippen LogP contribution in [0, 0.1) is 5.82 Å². The molecule has 7 heteroatoms. The number of phenolic OH excluding ortho intramolecular Hbond substituents is 3. The van der Waals surface area contributed by atoms with Crippen LogP contribution in [0.5, 0.6) is 17.2 Å². The molecule has 3 N–H and O–H groups in total. The first-order chi connectivity index (χ1) is 14.9. The molecule has 4 nitrogen and oxygen atoms in total. The quantitative estimate of drug-likeness (QED) is 0.244. The molecule has 0 radical (unpaired) electrons. The zero-order chi connectivity index (χ0) is 22.1. The molecule has 0 aliphatic rings. The van der Waals surface area contributed by atoms with Crippen LogP contribution in [-0.4, -0.2) is 15.3 Å². The first-order valence-electron chi connectivity index (χ1n) is 9.12. The smallest absolute Gasteiger partial charge is 0.154 e. The van der Waals surface area contributed by atoms with Crippen LogP contribution in [0.25, 0.3) is 33.1 Å². The maximum atomic E-state index is 13.7. The molecule has 0 saturated carbocycles. The second-order valence-electron chi connectivity index (χ2n) is 6.64. The van der Waals surface area contributed by atoms with Crippen molar-refractivity contribution < 1.29 is 24.1 Å². The Kier molecular flexibility index (Phi) is 5.63. The standard InChI is InChI=1S/C12H8ClFO2.C12H7ClO2/c13-8-4-1-3-7(12(8)14)11-9(15)5-2-6-10(11)16;13-8-4-1-3-7-11-9(14)5-2-6-10(11)15-12(7)8/h1-6,15-16H;1-6,14H. The minimum Gasteiger partial charge on any atom is -0.507 e. The van der Waals surface area contributed by atoms with E-state index in [0.717, 1.165) is 10.8 Å². The van der Waals surface area contributed by atoms with Crippen LogP contribution < -0.4 is 0 Å². The van der Waals surface area contributed by atoms with E-state index in [1.165, 1.54) is 30.3 Å². The van der Waals surface area contributed by atoms with E-state index < -0.39 is 5.82 Å². The van der Waals surface area contributed by atoms with Gasteiger partial charge in [-0.3, -0.25) is 0 Å². The Morgan fingerprint density at radius 1 is 0.677 bits per heavy atom. The molecule has 0 atom stereocenters. The van der Waals surface area contributed by atoms with Gasteiger partial charge in [0.2, 0.25) is 0 Å². The van der Waals surface area contributed by atoms with E-state index in [1.54, 1.807) is 24.3 Å². The summed E-state index contributed by atoms with van der Waals surface area (Å²) in [6.07, 6.45) is 0. The zero-order valence-corrected chi connectivity index (χ0v) is 17.3. The number of para-hydroxylation sites is 1. The highest BCUT2D eigenvalue weighted by Crippen LogP contribution is 2.40. The highest BCUT2D eigenvalue weighted by molar-refractivity contribution is 6.36. The molecule has 1 heterocycles. The Morgan fingerprint density at radius 3 is 2.00 bits per heavy atom. The molecule has 0 aliphatic heterocycles. The van der Waals surface area contributed by atoms with Crippen molar-refractivity contribution in [3.05, 3.63) is 88.7 Å². The third-order valence-electron chi connectivity index (χ3n) is 4.69. The van der Waals surface area contributed by atoms with Crippen molar-refractivity contribution in [1.82, 2.24) is 0 Å². The maximum Gasteiger partial charge on any atom is 0.154 e. The monoisotopic (exact) mass is 456 g/mol. The summed E-state index contributed by atoms with van der Waals surface area (Å²) in [5, 5.41) is 31.0. The lowest BCUT2D eigenvalue weighted by atomic mass is 10.0. The van der Waals surface area contributed by atoms with E-state index in [-0.39, 0.29) is 33.4 Å². The summed E-state index contributed by atoms with van der Waals surface area (Å²) in [6.45, 7) is 0. The molecule has 0 spiro atoms. The molecule has 5 rings (SSSR count). The van der Waals surface area contributed by atoms with Crippen molar-refractivity contribution in [2.24, 2.45) is 0 Å². The van der Waals surface area contributed by atoms with Crippen LogP contribution in [0.4, 0.5) is 4.39 Å². The maximum absolute atomic E-state index is 13.7. The van der Waals surface area contributed by atoms with Crippen molar-refractivity contribution in [3.8, 4) is 28.4 Å². The van der Waals surface area contributed by atoms with Crippen LogP contribution in [0.1, 0.15) is 0 Å². The van der Waals surface area contributed by atoms with Gasteiger partial charge in [-0.25, -0.2) is 4.39 Å². The van der Waals surface area contributed by atoms with Crippen LogP contribution in [0.2, 0.25) is 10.0 Å². The fraction of sp³-hybridized carbons (Fsp3) is 0. The van der Waals surface area contributed by atoms with Gasteiger partial charge in [0.25, 0.3) is 0 Å². The van der Waals surface area contributed by atoms with Gasteiger partial charge in [0.05, 0.1) is 21.0 Å². The van der Waals surface area contributed by atoms with Gasteiger partial charge in [-0.2, -0.15) is 0 Å². The second-order valence-corrected chi connectivity index (χ2v) is 7.46. The molecule has 4 aromatic carbocycles. The van der Waals surface area contributed by atoms with E-state index in [0.29, 0.717) is 16.2 Å². The number of hydrogen-bond acceptors (Lipinski definition) is 4. The first kappa shape index (κ1) is 20.8. The van der Waals surface area contributed by atoms with Gasteiger partial charge < -0.3 is 19.7 Å². The fourth-order valence-corrected chi connectivity index (χ4v) is 3.68.